The van der Waals surface area contributed by atoms with Crippen LogP contribution in [0.25, 0.3) is 0 Å². The molecule has 0 spiro atoms. The molecule has 1 rings (SSSR count). The molecule has 0 fully saturated rings. The van der Waals surface area contributed by atoms with Crippen LogP contribution in [0.5, 0.6) is 0 Å². The van der Waals surface area contributed by atoms with Gasteiger partial charge in [-0.25, -0.2) is 8.42 Å². The van der Waals surface area contributed by atoms with Crippen LogP contribution in [0.4, 0.5) is 11.4 Å². The van der Waals surface area contributed by atoms with Crippen LogP contribution in [-0.4, -0.2) is 37.8 Å². The molecule has 0 saturated heterocycles. The maximum absolute atomic E-state index is 12.3. The van der Waals surface area contributed by atoms with Crippen LogP contribution in [0.15, 0.2) is 23.1 Å². The fraction of sp³-hybridized carbons (Fsp3) is 0.455. The Morgan fingerprint density at radius 1 is 1.32 bits per heavy atom. The SMILES string of the molecule is CCN(CC)S(=O)(=O)c1ccc([N+](=O)[O-])c(NC)c1. The van der Waals surface area contributed by atoms with Crippen LogP contribution >= 0.6 is 0 Å². The highest BCUT2D eigenvalue weighted by atomic mass is 32.2. The molecule has 0 radical (unpaired) electrons. The molecule has 1 N–H and O–H groups in total. The Labute approximate surface area is 112 Å². The van der Waals surface area contributed by atoms with Gasteiger partial charge in [-0.15, -0.1) is 0 Å². The van der Waals surface area contributed by atoms with Gasteiger partial charge in [-0.2, -0.15) is 4.31 Å². The third kappa shape index (κ3) is 3.02. The van der Waals surface area contributed by atoms with E-state index in [4.69, 9.17) is 0 Å². The second-order valence-electron chi connectivity index (χ2n) is 3.78. The first kappa shape index (κ1) is 15.4. The third-order valence-electron chi connectivity index (χ3n) is 2.78. The normalized spacial score (nSPS) is 11.6. The van der Waals surface area contributed by atoms with Gasteiger partial charge >= 0.3 is 0 Å². The highest BCUT2D eigenvalue weighted by Gasteiger charge is 2.24. The van der Waals surface area contributed by atoms with Crippen molar-refractivity contribution in [2.45, 2.75) is 18.7 Å². The molecule has 1 aromatic rings. The Kier molecular flexibility index (Phi) is 4.84. The summed E-state index contributed by atoms with van der Waals surface area (Å²) in [6.07, 6.45) is 0. The van der Waals surface area contributed by atoms with Gasteiger partial charge in [-0.3, -0.25) is 10.1 Å². The highest BCUT2D eigenvalue weighted by Crippen LogP contribution is 2.28. The van der Waals surface area contributed by atoms with Gasteiger partial charge < -0.3 is 5.32 Å². The van der Waals surface area contributed by atoms with Gasteiger partial charge in [-0.05, 0) is 12.1 Å². The zero-order valence-corrected chi connectivity index (χ0v) is 11.9. The smallest absolute Gasteiger partial charge is 0.292 e. The lowest BCUT2D eigenvalue weighted by Crippen LogP contribution is -2.30. The molecule has 1 aromatic carbocycles. The second-order valence-corrected chi connectivity index (χ2v) is 5.71. The molecule has 7 nitrogen and oxygen atoms in total. The van der Waals surface area contributed by atoms with Crippen molar-refractivity contribution in [3.63, 3.8) is 0 Å². The molecule has 106 valence electrons. The van der Waals surface area contributed by atoms with Crippen molar-refractivity contribution >= 4 is 21.4 Å². The molecule has 8 heteroatoms. The topological polar surface area (TPSA) is 92.5 Å². The fourth-order valence-corrected chi connectivity index (χ4v) is 3.23. The summed E-state index contributed by atoms with van der Waals surface area (Å²) in [6.45, 7) is 4.19. The van der Waals surface area contributed by atoms with Gasteiger partial charge in [0.25, 0.3) is 5.69 Å². The van der Waals surface area contributed by atoms with Gasteiger partial charge in [0, 0.05) is 26.2 Å². The van der Waals surface area contributed by atoms with Crippen LogP contribution in [0.3, 0.4) is 0 Å². The van der Waals surface area contributed by atoms with Gasteiger partial charge in [0.2, 0.25) is 10.0 Å². The van der Waals surface area contributed by atoms with Crippen LogP contribution in [0.2, 0.25) is 0 Å². The molecular formula is C11H17N3O4S. The van der Waals surface area contributed by atoms with E-state index in [2.05, 4.69) is 5.32 Å². The maximum Gasteiger partial charge on any atom is 0.292 e. The summed E-state index contributed by atoms with van der Waals surface area (Å²) >= 11 is 0. The first-order chi connectivity index (χ1) is 8.88. The van der Waals surface area contributed by atoms with Crippen molar-refractivity contribution in [3.8, 4) is 0 Å². The number of hydrogen-bond donors (Lipinski definition) is 1. The van der Waals surface area contributed by atoms with Crippen molar-refractivity contribution in [1.82, 2.24) is 4.31 Å². The molecule has 0 atom stereocenters. The number of anilines is 1. The summed E-state index contributed by atoms with van der Waals surface area (Å²) < 4.78 is 25.8. The first-order valence-corrected chi connectivity index (χ1v) is 7.28. The molecule has 0 amide bonds. The van der Waals surface area contributed by atoms with Crippen molar-refractivity contribution in [2.24, 2.45) is 0 Å². The predicted octanol–water partition coefficient (Wildman–Crippen LogP) is 1.67. The summed E-state index contributed by atoms with van der Waals surface area (Å²) in [5.41, 5.74) is 0.0271. The Morgan fingerprint density at radius 3 is 2.32 bits per heavy atom. The van der Waals surface area contributed by atoms with E-state index in [1.165, 1.54) is 29.6 Å². The minimum absolute atomic E-state index is 0.0474. The van der Waals surface area contributed by atoms with E-state index in [0.29, 0.717) is 13.1 Å². The van der Waals surface area contributed by atoms with E-state index in [9.17, 15) is 18.5 Å². The summed E-state index contributed by atoms with van der Waals surface area (Å²) in [5.74, 6) is 0. The van der Waals surface area contributed by atoms with Crippen LogP contribution < -0.4 is 5.32 Å². The van der Waals surface area contributed by atoms with E-state index in [-0.39, 0.29) is 16.3 Å². The van der Waals surface area contributed by atoms with Crippen molar-refractivity contribution < 1.29 is 13.3 Å². The maximum atomic E-state index is 12.3. The number of hydrogen-bond acceptors (Lipinski definition) is 5. The molecule has 0 saturated carbocycles. The fourth-order valence-electron chi connectivity index (χ4n) is 1.75. The first-order valence-electron chi connectivity index (χ1n) is 5.84. The average molecular weight is 287 g/mol. The van der Waals surface area contributed by atoms with Crippen LogP contribution in [0.1, 0.15) is 13.8 Å². The van der Waals surface area contributed by atoms with Gasteiger partial charge in [-0.1, -0.05) is 13.8 Å². The third-order valence-corrected chi connectivity index (χ3v) is 4.82. The summed E-state index contributed by atoms with van der Waals surface area (Å²) in [6, 6.07) is 3.74. The number of nitrogens with zero attached hydrogens (tertiary/aromatic N) is 2. The van der Waals surface area contributed by atoms with Gasteiger partial charge in [0.15, 0.2) is 0 Å². The average Bonchev–Trinajstić information content (AvgIpc) is 2.38. The van der Waals surface area contributed by atoms with Crippen LogP contribution in [-0.2, 0) is 10.0 Å². The van der Waals surface area contributed by atoms with Crippen molar-refractivity contribution in [2.75, 3.05) is 25.5 Å². The monoisotopic (exact) mass is 287 g/mol. The summed E-state index contributed by atoms with van der Waals surface area (Å²) in [7, 11) is -2.10. The number of benzene rings is 1. The van der Waals surface area contributed by atoms with E-state index in [0.717, 1.165) is 0 Å². The molecule has 0 aromatic heterocycles. The molecule has 0 bridgehead atoms. The molecule has 0 aliphatic carbocycles. The van der Waals surface area contributed by atoms with E-state index >= 15 is 0 Å². The van der Waals surface area contributed by atoms with E-state index < -0.39 is 14.9 Å². The summed E-state index contributed by atoms with van der Waals surface area (Å²) in [5, 5.41) is 13.4. The summed E-state index contributed by atoms with van der Waals surface area (Å²) in [4.78, 5) is 10.3. The molecule has 0 aliphatic rings. The predicted molar refractivity (Wildman–Crippen MR) is 72.7 cm³/mol. The Balaban J connectivity index is 3.34. The zero-order chi connectivity index (χ0) is 14.6. The standard InChI is InChI=1S/C11H17N3O4S/c1-4-13(5-2)19(17,18)9-6-7-11(14(15)16)10(8-9)12-3/h6-8,12H,4-5H2,1-3H3. The molecule has 19 heavy (non-hydrogen) atoms. The van der Waals surface area contributed by atoms with Crippen molar-refractivity contribution in [3.05, 3.63) is 28.3 Å². The second kappa shape index (κ2) is 5.98. The highest BCUT2D eigenvalue weighted by molar-refractivity contribution is 7.89. The zero-order valence-electron chi connectivity index (χ0n) is 11.1. The van der Waals surface area contributed by atoms with Gasteiger partial charge in [0.1, 0.15) is 5.69 Å². The van der Waals surface area contributed by atoms with E-state index in [1.807, 2.05) is 0 Å². The van der Waals surface area contributed by atoms with Crippen LogP contribution in [0, 0.1) is 10.1 Å². The minimum Gasteiger partial charge on any atom is -0.383 e. The molecule has 0 aliphatic heterocycles. The lowest BCUT2D eigenvalue weighted by Gasteiger charge is -2.18. The largest absolute Gasteiger partial charge is 0.383 e. The molecule has 0 unspecified atom stereocenters. The lowest BCUT2D eigenvalue weighted by molar-refractivity contribution is -0.384. The number of sulfonamides is 1. The Morgan fingerprint density at radius 2 is 1.89 bits per heavy atom. The quantitative estimate of drug-likeness (QED) is 0.634. The van der Waals surface area contributed by atoms with Gasteiger partial charge in [0.05, 0.1) is 9.82 Å². The molecule has 0 heterocycles. The lowest BCUT2D eigenvalue weighted by atomic mass is 10.3. The number of nitro benzene ring substituents is 1. The molecular weight excluding hydrogens is 270 g/mol. The number of rotatable bonds is 6. The van der Waals surface area contributed by atoms with E-state index in [1.54, 1.807) is 13.8 Å². The Bertz CT molecular complexity index is 567. The minimum atomic E-state index is -3.61. The number of nitro groups is 1. The number of nitrogens with one attached hydrogen (secondary N) is 1. The Hall–Kier alpha value is -1.67. The van der Waals surface area contributed by atoms with Crippen molar-refractivity contribution in [1.29, 1.82) is 0 Å².